The number of nitrogens with one attached hydrogen (secondary N) is 1. The number of H-pyrrole nitrogens is 1. The molecule has 2 aromatic rings. The van der Waals surface area contributed by atoms with Crippen molar-refractivity contribution in [2.75, 3.05) is 0 Å². The van der Waals surface area contributed by atoms with E-state index in [1.807, 2.05) is 0 Å². The molecule has 2 rings (SSSR count). The van der Waals surface area contributed by atoms with E-state index in [0.717, 1.165) is 0 Å². The lowest BCUT2D eigenvalue weighted by atomic mass is 10.3. The van der Waals surface area contributed by atoms with Crippen LogP contribution in [0, 0.1) is 6.85 Å². The summed E-state index contributed by atoms with van der Waals surface area (Å²) in [4.78, 5) is 12.0. The SMILES string of the molecule is [2H]c1c([2H])c([2H])c(-n2c(=O)cc(C([2H])([2H])[2H])n2[2H])c([2H])c1[2H]. The summed E-state index contributed by atoms with van der Waals surface area (Å²) in [5.74, 6) is 0. The highest BCUT2D eigenvalue weighted by Crippen LogP contribution is 2.02. The first kappa shape index (κ1) is 2.61. The first-order valence-corrected chi connectivity index (χ1v) is 3.40. The van der Waals surface area contributed by atoms with E-state index in [4.69, 9.17) is 12.4 Å². The monoisotopic (exact) mass is 183 g/mol. The van der Waals surface area contributed by atoms with Crippen LogP contribution in [0.5, 0.6) is 0 Å². The van der Waals surface area contributed by atoms with Crippen LogP contribution in [0.2, 0.25) is 1.41 Å². The maximum Gasteiger partial charge on any atom is 0.271 e. The van der Waals surface area contributed by atoms with Gasteiger partial charge < -0.3 is 0 Å². The molecule has 1 N–H and O–H groups in total. The molecule has 0 spiro atoms. The number of aromatic amines is 1. The van der Waals surface area contributed by atoms with Gasteiger partial charge in [-0.2, -0.15) is 0 Å². The van der Waals surface area contributed by atoms with Gasteiger partial charge >= 0.3 is 0 Å². The Morgan fingerprint density at radius 2 is 2.31 bits per heavy atom. The van der Waals surface area contributed by atoms with E-state index in [0.29, 0.717) is 10.7 Å². The van der Waals surface area contributed by atoms with Gasteiger partial charge in [-0.15, -0.1) is 0 Å². The van der Waals surface area contributed by atoms with Crippen LogP contribution in [0.25, 0.3) is 5.69 Å². The predicted octanol–water partition coefficient (Wildman–Crippen LogP) is 1.47. The Morgan fingerprint density at radius 3 is 2.92 bits per heavy atom. The summed E-state index contributed by atoms with van der Waals surface area (Å²) in [6.45, 7) is -2.75. The fourth-order valence-electron chi connectivity index (χ4n) is 0.873. The van der Waals surface area contributed by atoms with Gasteiger partial charge in [-0.25, -0.2) is 4.68 Å². The Morgan fingerprint density at radius 1 is 1.54 bits per heavy atom. The molecule has 0 unspecified atom stereocenters. The third-order valence-corrected chi connectivity index (χ3v) is 1.38. The van der Waals surface area contributed by atoms with Crippen LogP contribution in [0.4, 0.5) is 0 Å². The lowest BCUT2D eigenvalue weighted by Gasteiger charge is -1.99. The Bertz CT molecular complexity index is 788. The van der Waals surface area contributed by atoms with Gasteiger partial charge in [0.05, 0.1) is 12.5 Å². The summed E-state index contributed by atoms with van der Waals surface area (Å²) in [5, 5.41) is 0.225. The minimum Gasteiger partial charge on any atom is -0.295 e. The van der Waals surface area contributed by atoms with Crippen molar-refractivity contribution >= 4 is 0 Å². The zero-order valence-corrected chi connectivity index (χ0v) is 6.38. The van der Waals surface area contributed by atoms with E-state index in [1.54, 1.807) is 0 Å². The number of hydrogen-bond donors (Lipinski definition) is 1. The highest BCUT2D eigenvalue weighted by Gasteiger charge is 1.99. The first-order chi connectivity index (χ1) is 9.98. The lowest BCUT2D eigenvalue weighted by Crippen LogP contribution is -2.12. The molecular weight excluding hydrogens is 164 g/mol. The highest BCUT2D eigenvalue weighted by molar-refractivity contribution is 5.30. The van der Waals surface area contributed by atoms with Gasteiger partial charge in [-0.3, -0.25) is 9.89 Å². The van der Waals surface area contributed by atoms with Crippen molar-refractivity contribution in [2.24, 2.45) is 0 Å². The predicted molar refractivity (Wildman–Crippen MR) is 51.1 cm³/mol. The van der Waals surface area contributed by atoms with Crippen LogP contribution < -0.4 is 5.56 Å². The molecule has 0 amide bonds. The summed E-state index contributed by atoms with van der Waals surface area (Å²) in [6.07, 6.45) is 0. The number of rotatable bonds is 1. The molecule has 0 bridgehead atoms. The molecule has 3 nitrogen and oxygen atoms in total. The van der Waals surface area contributed by atoms with Crippen LogP contribution in [0.3, 0.4) is 0 Å². The van der Waals surface area contributed by atoms with Gasteiger partial charge in [0.2, 0.25) is 0 Å². The zero-order chi connectivity index (χ0) is 17.0. The fraction of sp³-hybridized carbons (Fsp3) is 0.100. The number of hydrogen-bond acceptors (Lipinski definition) is 1. The number of benzene rings is 1. The van der Waals surface area contributed by atoms with Gasteiger partial charge in [-0.05, 0) is 18.9 Å². The smallest absolute Gasteiger partial charge is 0.271 e. The van der Waals surface area contributed by atoms with E-state index < -0.39 is 54.0 Å². The molecule has 0 saturated heterocycles. The molecule has 66 valence electrons. The molecule has 0 atom stereocenters. The maximum absolute atomic E-state index is 12.0. The van der Waals surface area contributed by atoms with Crippen molar-refractivity contribution in [3.8, 4) is 5.69 Å². The highest BCUT2D eigenvalue weighted by atomic mass is 16.1. The van der Waals surface area contributed by atoms with Crippen molar-refractivity contribution in [3.05, 3.63) is 52.3 Å². The molecule has 3 heteroatoms. The Hall–Kier alpha value is -1.77. The summed E-state index contributed by atoms with van der Waals surface area (Å²) in [6, 6.07) is -2.72. The van der Waals surface area contributed by atoms with Crippen molar-refractivity contribution < 1.29 is 12.4 Å². The van der Waals surface area contributed by atoms with Gasteiger partial charge in [0.15, 0.2) is 1.41 Å². The fourth-order valence-corrected chi connectivity index (χ4v) is 0.873. The van der Waals surface area contributed by atoms with Crippen LogP contribution in [0.15, 0.2) is 41.1 Å². The Labute approximate surface area is 88.3 Å². The third-order valence-electron chi connectivity index (χ3n) is 1.38. The number of nitrogens with zero attached hydrogens (tertiary/aromatic N) is 1. The standard InChI is InChI=1S/C10H10N2O/c1-8-7-10(13)12(11-8)9-5-3-2-4-6-9/h2-7,11H,1H3/i1D3,2D,3D,4D,5D,6D/hD. The normalized spacial score (nSPS) is 21.1. The minimum atomic E-state index is -2.75. The van der Waals surface area contributed by atoms with Gasteiger partial charge in [0, 0.05) is 15.9 Å². The second-order valence-corrected chi connectivity index (χ2v) is 2.25. The molecule has 0 fully saturated rings. The van der Waals surface area contributed by atoms with Crippen molar-refractivity contribution in [3.63, 3.8) is 0 Å². The average Bonchev–Trinajstić information content (AvgIpc) is 2.71. The summed E-state index contributed by atoms with van der Waals surface area (Å²) < 4.78 is 68.0. The molecule has 0 radical (unpaired) electrons. The van der Waals surface area contributed by atoms with Gasteiger partial charge in [0.1, 0.15) is 0 Å². The van der Waals surface area contributed by atoms with E-state index in [1.165, 1.54) is 0 Å². The molecule has 1 heterocycles. The zero-order valence-electron chi connectivity index (χ0n) is 15.4. The number of para-hydroxylation sites is 1. The molecule has 0 saturated carbocycles. The molecular formula is C10H10N2O. The summed E-state index contributed by atoms with van der Waals surface area (Å²) in [5.41, 5.74) is -2.16. The third kappa shape index (κ3) is 1.40. The van der Waals surface area contributed by atoms with Crippen LogP contribution in [-0.2, 0) is 0 Å². The van der Waals surface area contributed by atoms with Crippen LogP contribution >= 0.6 is 0 Å². The van der Waals surface area contributed by atoms with Crippen molar-refractivity contribution in [1.82, 2.24) is 9.77 Å². The molecule has 1 aromatic carbocycles. The number of aromatic nitrogens is 2. The second kappa shape index (κ2) is 2.94. The minimum absolute atomic E-state index is 0.225. The Balaban J connectivity index is 2.91. The topological polar surface area (TPSA) is 37.8 Å². The first-order valence-electron chi connectivity index (χ1n) is 7.85. The summed E-state index contributed by atoms with van der Waals surface area (Å²) >= 11 is 0. The lowest BCUT2D eigenvalue weighted by molar-refractivity contribution is 0.835. The van der Waals surface area contributed by atoms with Gasteiger partial charge in [0.25, 0.3) is 5.56 Å². The summed E-state index contributed by atoms with van der Waals surface area (Å²) in [7, 11) is 0. The number of aryl methyl sites for hydroxylation is 1. The molecule has 0 aliphatic carbocycles. The van der Waals surface area contributed by atoms with E-state index in [-0.39, 0.29) is 5.09 Å². The largest absolute Gasteiger partial charge is 0.295 e. The van der Waals surface area contributed by atoms with E-state index >= 15 is 0 Å². The molecule has 13 heavy (non-hydrogen) atoms. The van der Waals surface area contributed by atoms with Crippen LogP contribution in [0.1, 0.15) is 16.7 Å². The van der Waals surface area contributed by atoms with Crippen molar-refractivity contribution in [1.29, 1.82) is 0 Å². The second-order valence-electron chi connectivity index (χ2n) is 2.25. The maximum atomic E-state index is 12.0. The molecule has 0 aliphatic rings. The van der Waals surface area contributed by atoms with Gasteiger partial charge in [-0.1, -0.05) is 18.1 Å². The quantitative estimate of drug-likeness (QED) is 0.714. The Kier molecular flexibility index (Phi) is 0.589. The molecule has 0 aliphatic heterocycles. The van der Waals surface area contributed by atoms with E-state index in [9.17, 15) is 4.79 Å². The van der Waals surface area contributed by atoms with Crippen LogP contribution in [-0.4, -0.2) is 9.77 Å². The average molecular weight is 183 g/mol. The van der Waals surface area contributed by atoms with Crippen molar-refractivity contribution in [2.45, 2.75) is 6.85 Å². The molecule has 1 aromatic heterocycles. The van der Waals surface area contributed by atoms with E-state index in [2.05, 4.69) is 0 Å².